The standard InChI is InChI=1S/C23H23N3O3/c1-25-18-6-4-3-5-17(18)20-21(14-7-11-16(29-2)12-8-14)26(23(28)22(20)25)13-19(27)24-15-9-10-15/h3-8,11-12,15,21H,9-10,13H2,1-2H3,(H,24,27)/t21-/m0/s1. The van der Waals surface area contributed by atoms with Crippen molar-refractivity contribution in [3.63, 3.8) is 0 Å². The van der Waals surface area contributed by atoms with Gasteiger partial charge in [-0.05, 0) is 36.6 Å². The van der Waals surface area contributed by atoms with Crippen molar-refractivity contribution in [2.75, 3.05) is 13.7 Å². The summed E-state index contributed by atoms with van der Waals surface area (Å²) >= 11 is 0. The topological polar surface area (TPSA) is 63.6 Å². The lowest BCUT2D eigenvalue weighted by Crippen LogP contribution is -2.40. The van der Waals surface area contributed by atoms with Gasteiger partial charge in [0.2, 0.25) is 5.91 Å². The Labute approximate surface area is 169 Å². The summed E-state index contributed by atoms with van der Waals surface area (Å²) in [4.78, 5) is 27.7. The molecule has 1 fully saturated rings. The molecule has 3 aromatic rings. The molecule has 2 aromatic carbocycles. The average Bonchev–Trinajstić information content (AvgIpc) is 3.44. The molecule has 1 saturated carbocycles. The summed E-state index contributed by atoms with van der Waals surface area (Å²) in [5, 5.41) is 4.05. The Bertz CT molecular complexity index is 1110. The largest absolute Gasteiger partial charge is 0.497 e. The molecule has 6 heteroatoms. The number of nitrogens with one attached hydrogen (secondary N) is 1. The number of hydrogen-bond donors (Lipinski definition) is 1. The zero-order valence-corrected chi connectivity index (χ0v) is 16.5. The van der Waals surface area contributed by atoms with E-state index in [2.05, 4.69) is 5.32 Å². The van der Waals surface area contributed by atoms with Crippen LogP contribution in [-0.4, -0.2) is 41.0 Å². The Hall–Kier alpha value is -3.28. The maximum absolute atomic E-state index is 13.4. The van der Waals surface area contributed by atoms with Crippen LogP contribution in [0.3, 0.4) is 0 Å². The predicted octanol–water partition coefficient (Wildman–Crippen LogP) is 3.01. The minimum absolute atomic E-state index is 0.0506. The number of aromatic nitrogens is 1. The number of fused-ring (bicyclic) bond motifs is 3. The van der Waals surface area contributed by atoms with Gasteiger partial charge in [0.05, 0.1) is 13.2 Å². The molecule has 1 aromatic heterocycles. The molecule has 1 aliphatic heterocycles. The third-order valence-corrected chi connectivity index (χ3v) is 5.88. The van der Waals surface area contributed by atoms with Gasteiger partial charge in [-0.15, -0.1) is 0 Å². The van der Waals surface area contributed by atoms with Crippen molar-refractivity contribution in [1.82, 2.24) is 14.8 Å². The van der Waals surface area contributed by atoms with Crippen molar-refractivity contribution in [3.8, 4) is 5.75 Å². The van der Waals surface area contributed by atoms with E-state index in [0.29, 0.717) is 5.69 Å². The highest BCUT2D eigenvalue weighted by Gasteiger charge is 2.43. The molecule has 0 bridgehead atoms. The van der Waals surface area contributed by atoms with Gasteiger partial charge < -0.3 is 19.5 Å². The Morgan fingerprint density at radius 2 is 1.86 bits per heavy atom. The number of carbonyl (C=O) groups is 2. The zero-order chi connectivity index (χ0) is 20.1. The van der Waals surface area contributed by atoms with Gasteiger partial charge in [-0.2, -0.15) is 0 Å². The number of benzene rings is 2. The van der Waals surface area contributed by atoms with E-state index < -0.39 is 0 Å². The molecule has 0 spiro atoms. The molecule has 2 aliphatic rings. The second kappa shape index (κ2) is 6.65. The summed E-state index contributed by atoms with van der Waals surface area (Å²) in [6.45, 7) is 0.0506. The quantitative estimate of drug-likeness (QED) is 0.730. The number of aryl methyl sites for hydroxylation is 1. The van der Waals surface area contributed by atoms with Gasteiger partial charge in [-0.25, -0.2) is 0 Å². The third kappa shape index (κ3) is 2.87. The molecule has 148 valence electrons. The molecule has 29 heavy (non-hydrogen) atoms. The fourth-order valence-corrected chi connectivity index (χ4v) is 4.32. The Balaban J connectivity index is 1.62. The van der Waals surface area contributed by atoms with E-state index >= 15 is 0 Å². The average molecular weight is 389 g/mol. The Morgan fingerprint density at radius 3 is 2.55 bits per heavy atom. The number of carbonyl (C=O) groups excluding carboxylic acids is 2. The minimum atomic E-state index is -0.306. The smallest absolute Gasteiger partial charge is 0.272 e. The van der Waals surface area contributed by atoms with E-state index in [9.17, 15) is 9.59 Å². The van der Waals surface area contributed by atoms with Gasteiger partial charge in [-0.1, -0.05) is 30.3 Å². The van der Waals surface area contributed by atoms with Crippen molar-refractivity contribution in [2.24, 2.45) is 7.05 Å². The number of hydrogen-bond acceptors (Lipinski definition) is 3. The first-order valence-electron chi connectivity index (χ1n) is 9.90. The van der Waals surface area contributed by atoms with Crippen molar-refractivity contribution in [1.29, 1.82) is 0 Å². The van der Waals surface area contributed by atoms with Crippen molar-refractivity contribution < 1.29 is 14.3 Å². The SMILES string of the molecule is COc1ccc([C@H]2c3c(n(C)c4ccccc34)C(=O)N2CC(=O)NC2CC2)cc1. The van der Waals surface area contributed by atoms with Crippen LogP contribution in [0.5, 0.6) is 5.75 Å². The van der Waals surface area contributed by atoms with Crippen molar-refractivity contribution in [2.45, 2.75) is 24.9 Å². The highest BCUT2D eigenvalue weighted by molar-refractivity contribution is 6.07. The first kappa shape index (κ1) is 17.8. The molecule has 0 unspecified atom stereocenters. The van der Waals surface area contributed by atoms with Gasteiger partial charge in [0, 0.05) is 29.6 Å². The molecule has 6 nitrogen and oxygen atoms in total. The van der Waals surface area contributed by atoms with Crippen LogP contribution >= 0.6 is 0 Å². The fraction of sp³-hybridized carbons (Fsp3) is 0.304. The van der Waals surface area contributed by atoms with Gasteiger partial charge in [0.25, 0.3) is 5.91 Å². The van der Waals surface area contributed by atoms with Crippen LogP contribution in [0.15, 0.2) is 48.5 Å². The normalized spacial score (nSPS) is 18.2. The summed E-state index contributed by atoms with van der Waals surface area (Å²) < 4.78 is 7.24. The number of nitrogens with zero attached hydrogens (tertiary/aromatic N) is 2. The van der Waals surface area contributed by atoms with Gasteiger partial charge >= 0.3 is 0 Å². The van der Waals surface area contributed by atoms with Crippen LogP contribution in [0, 0.1) is 0 Å². The first-order chi connectivity index (χ1) is 14.1. The highest BCUT2D eigenvalue weighted by Crippen LogP contribution is 2.44. The zero-order valence-electron chi connectivity index (χ0n) is 16.5. The number of methoxy groups -OCH3 is 1. The van der Waals surface area contributed by atoms with E-state index in [1.807, 2.05) is 60.1 Å². The van der Waals surface area contributed by atoms with Gasteiger partial charge in [0.1, 0.15) is 18.0 Å². The number of rotatable bonds is 5. The van der Waals surface area contributed by atoms with Crippen LogP contribution < -0.4 is 10.1 Å². The Kier molecular flexibility index (Phi) is 4.08. The predicted molar refractivity (Wildman–Crippen MR) is 110 cm³/mol. The van der Waals surface area contributed by atoms with Gasteiger partial charge in [0.15, 0.2) is 0 Å². The van der Waals surface area contributed by atoms with Crippen LogP contribution in [0.25, 0.3) is 10.9 Å². The van der Waals surface area contributed by atoms with Crippen LogP contribution in [0.1, 0.15) is 40.5 Å². The lowest BCUT2D eigenvalue weighted by Gasteiger charge is -2.26. The summed E-state index contributed by atoms with van der Waals surface area (Å²) in [5.74, 6) is 0.552. The van der Waals surface area contributed by atoms with E-state index in [4.69, 9.17) is 4.74 Å². The monoisotopic (exact) mass is 389 g/mol. The molecular formula is C23H23N3O3. The summed E-state index contributed by atoms with van der Waals surface area (Å²) in [6, 6.07) is 15.7. The maximum atomic E-state index is 13.4. The van der Waals surface area contributed by atoms with Crippen molar-refractivity contribution in [3.05, 3.63) is 65.4 Å². The second-order valence-electron chi connectivity index (χ2n) is 7.79. The van der Waals surface area contributed by atoms with Crippen LogP contribution in [0.4, 0.5) is 0 Å². The van der Waals surface area contributed by atoms with Crippen LogP contribution in [0.2, 0.25) is 0 Å². The van der Waals surface area contributed by atoms with E-state index in [1.54, 1.807) is 12.0 Å². The number of amides is 2. The molecule has 5 rings (SSSR count). The first-order valence-corrected chi connectivity index (χ1v) is 9.90. The van der Waals surface area contributed by atoms with E-state index in [-0.39, 0.29) is 30.4 Å². The molecular weight excluding hydrogens is 366 g/mol. The van der Waals surface area contributed by atoms with Crippen LogP contribution in [-0.2, 0) is 11.8 Å². The highest BCUT2D eigenvalue weighted by atomic mass is 16.5. The number of para-hydroxylation sites is 1. The summed E-state index contributed by atoms with van der Waals surface area (Å²) in [5.41, 5.74) is 3.61. The molecule has 0 radical (unpaired) electrons. The van der Waals surface area contributed by atoms with Gasteiger partial charge in [-0.3, -0.25) is 9.59 Å². The van der Waals surface area contributed by atoms with E-state index in [1.165, 1.54) is 0 Å². The lowest BCUT2D eigenvalue weighted by molar-refractivity contribution is -0.122. The molecule has 0 saturated heterocycles. The fourth-order valence-electron chi connectivity index (χ4n) is 4.32. The second-order valence-corrected chi connectivity index (χ2v) is 7.79. The number of ether oxygens (including phenoxy) is 1. The van der Waals surface area contributed by atoms with Crippen molar-refractivity contribution >= 4 is 22.7 Å². The summed E-state index contributed by atoms with van der Waals surface area (Å²) in [7, 11) is 3.54. The molecule has 1 aliphatic carbocycles. The maximum Gasteiger partial charge on any atom is 0.272 e. The summed E-state index contributed by atoms with van der Waals surface area (Å²) in [6.07, 6.45) is 2.04. The molecule has 1 N–H and O–H groups in total. The lowest BCUT2D eigenvalue weighted by atomic mass is 9.98. The van der Waals surface area contributed by atoms with E-state index in [0.717, 1.165) is 40.6 Å². The molecule has 2 amide bonds. The molecule has 2 heterocycles. The Morgan fingerprint density at radius 1 is 1.14 bits per heavy atom. The third-order valence-electron chi connectivity index (χ3n) is 5.88. The molecule has 1 atom stereocenters. The minimum Gasteiger partial charge on any atom is -0.497 e.